The van der Waals surface area contributed by atoms with Crippen LogP contribution in [0.2, 0.25) is 0 Å². The molecule has 1 atom stereocenters. The zero-order valence-corrected chi connectivity index (χ0v) is 15.3. The van der Waals surface area contributed by atoms with Gasteiger partial charge in [-0.3, -0.25) is 9.69 Å². The van der Waals surface area contributed by atoms with Crippen LogP contribution in [-0.2, 0) is 9.53 Å². The lowest BCUT2D eigenvalue weighted by Crippen LogP contribution is -2.49. The van der Waals surface area contributed by atoms with Crippen LogP contribution in [0.25, 0.3) is 0 Å². The van der Waals surface area contributed by atoms with Crippen molar-refractivity contribution in [3.05, 3.63) is 36.0 Å². The summed E-state index contributed by atoms with van der Waals surface area (Å²) in [6.45, 7) is 14.8. The van der Waals surface area contributed by atoms with E-state index in [-0.39, 0.29) is 23.1 Å². The number of rotatable bonds is 7. The smallest absolute Gasteiger partial charge is 0.262 e. The highest BCUT2D eigenvalue weighted by molar-refractivity contribution is 5.97. The molecule has 1 heterocycles. The number of nitrogens with one attached hydrogen (secondary N) is 1. The minimum atomic E-state index is -0.380. The summed E-state index contributed by atoms with van der Waals surface area (Å²) < 4.78 is 5.36. The number of allylic oxidation sites excluding steroid dienone is 1. The maximum Gasteiger partial charge on any atom is 0.262 e. The van der Waals surface area contributed by atoms with E-state index in [0.717, 1.165) is 25.1 Å². The van der Waals surface area contributed by atoms with Gasteiger partial charge in [-0.25, -0.2) is 0 Å². The van der Waals surface area contributed by atoms with Crippen LogP contribution < -0.4 is 5.32 Å². The van der Waals surface area contributed by atoms with E-state index in [1.54, 1.807) is 6.08 Å². The minimum absolute atomic E-state index is 0.130. The molecule has 5 heteroatoms. The van der Waals surface area contributed by atoms with Crippen molar-refractivity contribution in [3.8, 4) is 6.07 Å². The summed E-state index contributed by atoms with van der Waals surface area (Å²) in [6, 6.07) is 1.81. The van der Waals surface area contributed by atoms with Gasteiger partial charge in [0.1, 0.15) is 11.6 Å². The highest BCUT2D eigenvalue weighted by atomic mass is 16.5. The molecule has 5 nitrogen and oxygen atoms in total. The fourth-order valence-corrected chi connectivity index (χ4v) is 2.51. The van der Waals surface area contributed by atoms with Gasteiger partial charge >= 0.3 is 0 Å². The molecule has 0 aromatic heterocycles. The van der Waals surface area contributed by atoms with E-state index in [9.17, 15) is 10.1 Å². The molecule has 1 N–H and O–H groups in total. The van der Waals surface area contributed by atoms with Crippen LogP contribution >= 0.6 is 0 Å². The van der Waals surface area contributed by atoms with Gasteiger partial charge in [-0.2, -0.15) is 5.26 Å². The fraction of sp³-hybridized carbons (Fsp3) is 0.579. The molecule has 0 aromatic carbocycles. The molecule has 132 valence electrons. The molecule has 0 bridgehead atoms. The van der Waals surface area contributed by atoms with Crippen molar-refractivity contribution in [2.75, 3.05) is 26.3 Å². The second-order valence-corrected chi connectivity index (χ2v) is 6.50. The number of carbonyl (C=O) groups excluding carboxylic acids is 1. The zero-order valence-electron chi connectivity index (χ0n) is 15.3. The van der Waals surface area contributed by atoms with E-state index in [0.29, 0.717) is 13.2 Å². The van der Waals surface area contributed by atoms with Crippen LogP contribution in [-0.4, -0.2) is 48.7 Å². The quantitative estimate of drug-likeness (QED) is 0.442. The number of hydrogen-bond donors (Lipinski definition) is 1. The van der Waals surface area contributed by atoms with E-state index in [1.165, 1.54) is 0 Å². The van der Waals surface area contributed by atoms with E-state index in [2.05, 4.69) is 16.8 Å². The summed E-state index contributed by atoms with van der Waals surface area (Å²) in [6.07, 6.45) is 6.55. The molecule has 1 fully saturated rings. The Bertz CT molecular complexity index is 549. The molecular weight excluding hydrogens is 302 g/mol. The number of amides is 1. The predicted molar refractivity (Wildman–Crippen MR) is 96.3 cm³/mol. The van der Waals surface area contributed by atoms with Gasteiger partial charge in [-0.05, 0) is 38.8 Å². The molecule has 1 aliphatic heterocycles. The Morgan fingerprint density at radius 1 is 1.46 bits per heavy atom. The van der Waals surface area contributed by atoms with Gasteiger partial charge in [0.25, 0.3) is 5.91 Å². The lowest BCUT2D eigenvalue weighted by molar-refractivity contribution is -0.117. The Morgan fingerprint density at radius 2 is 2.08 bits per heavy atom. The Kier molecular flexibility index (Phi) is 7.90. The summed E-state index contributed by atoms with van der Waals surface area (Å²) in [5.41, 5.74) is 0.565. The molecule has 1 amide bonds. The standard InChI is InChI=1S/C19H29N3O2/c1-6-7-8-15(2)16(3)21-18(23)17(14-20)13-19(4,5)22-9-11-24-12-10-22/h7-8,13,16H,2,6,9-12H2,1,3-5H3,(H,21,23)/b8-7-,17-13+. The third-order valence-corrected chi connectivity index (χ3v) is 4.16. The van der Waals surface area contributed by atoms with Gasteiger partial charge in [0, 0.05) is 18.6 Å². The third-order valence-electron chi connectivity index (χ3n) is 4.16. The molecule has 0 radical (unpaired) electrons. The van der Waals surface area contributed by atoms with Crippen molar-refractivity contribution in [1.29, 1.82) is 5.26 Å². The average Bonchev–Trinajstić information content (AvgIpc) is 2.58. The topological polar surface area (TPSA) is 65.4 Å². The molecule has 1 aliphatic rings. The van der Waals surface area contributed by atoms with Crippen LogP contribution in [0, 0.1) is 11.3 Å². The van der Waals surface area contributed by atoms with Crippen LogP contribution in [0.5, 0.6) is 0 Å². The van der Waals surface area contributed by atoms with Crippen molar-refractivity contribution in [1.82, 2.24) is 10.2 Å². The monoisotopic (exact) mass is 331 g/mol. The highest BCUT2D eigenvalue weighted by Gasteiger charge is 2.28. The van der Waals surface area contributed by atoms with E-state index >= 15 is 0 Å². The van der Waals surface area contributed by atoms with Gasteiger partial charge in [0.2, 0.25) is 0 Å². The van der Waals surface area contributed by atoms with E-state index in [1.807, 2.05) is 45.9 Å². The molecule has 1 rings (SSSR count). The Hall–Kier alpha value is -1.90. The molecular formula is C19H29N3O2. The number of nitriles is 1. The van der Waals surface area contributed by atoms with Crippen molar-refractivity contribution in [3.63, 3.8) is 0 Å². The first-order chi connectivity index (χ1) is 11.3. The molecule has 0 aromatic rings. The van der Waals surface area contributed by atoms with Crippen molar-refractivity contribution in [2.24, 2.45) is 0 Å². The minimum Gasteiger partial charge on any atom is -0.379 e. The molecule has 0 saturated carbocycles. The Balaban J connectivity index is 2.80. The molecule has 0 aliphatic carbocycles. The van der Waals surface area contributed by atoms with E-state index in [4.69, 9.17) is 4.74 Å². The number of carbonyl (C=O) groups is 1. The van der Waals surface area contributed by atoms with Crippen LogP contribution in [0.1, 0.15) is 34.1 Å². The molecule has 0 spiro atoms. The van der Waals surface area contributed by atoms with Gasteiger partial charge in [-0.15, -0.1) is 0 Å². The average molecular weight is 331 g/mol. The SMILES string of the molecule is C=C(/C=C\CC)C(C)NC(=O)/C(C#N)=C/C(C)(C)N1CCOCC1. The maximum atomic E-state index is 12.4. The summed E-state index contributed by atoms with van der Waals surface area (Å²) in [7, 11) is 0. The van der Waals surface area contributed by atoms with Crippen molar-refractivity contribution >= 4 is 5.91 Å². The summed E-state index contributed by atoms with van der Waals surface area (Å²) >= 11 is 0. The maximum absolute atomic E-state index is 12.4. The lowest BCUT2D eigenvalue weighted by Gasteiger charge is -2.39. The molecule has 1 saturated heterocycles. The lowest BCUT2D eigenvalue weighted by atomic mass is 9.98. The first kappa shape index (κ1) is 20.1. The van der Waals surface area contributed by atoms with E-state index < -0.39 is 0 Å². The van der Waals surface area contributed by atoms with Crippen LogP contribution in [0.4, 0.5) is 0 Å². The third kappa shape index (κ3) is 5.95. The van der Waals surface area contributed by atoms with Gasteiger partial charge in [-0.1, -0.05) is 25.7 Å². The van der Waals surface area contributed by atoms with Crippen molar-refractivity contribution in [2.45, 2.75) is 45.7 Å². The summed E-state index contributed by atoms with van der Waals surface area (Å²) in [4.78, 5) is 14.6. The van der Waals surface area contributed by atoms with Crippen molar-refractivity contribution < 1.29 is 9.53 Å². The second-order valence-electron chi connectivity index (χ2n) is 6.50. The summed E-state index contributed by atoms with van der Waals surface area (Å²) in [5.74, 6) is -0.364. The summed E-state index contributed by atoms with van der Waals surface area (Å²) in [5, 5.41) is 12.2. The number of hydrogen-bond acceptors (Lipinski definition) is 4. The molecule has 24 heavy (non-hydrogen) atoms. The first-order valence-electron chi connectivity index (χ1n) is 8.43. The highest BCUT2D eigenvalue weighted by Crippen LogP contribution is 2.19. The number of morpholine rings is 1. The van der Waals surface area contributed by atoms with Crippen LogP contribution in [0.15, 0.2) is 36.0 Å². The fourth-order valence-electron chi connectivity index (χ4n) is 2.51. The van der Waals surface area contributed by atoms with Gasteiger partial charge in [0.15, 0.2) is 0 Å². The van der Waals surface area contributed by atoms with Crippen LogP contribution in [0.3, 0.4) is 0 Å². The first-order valence-corrected chi connectivity index (χ1v) is 8.43. The largest absolute Gasteiger partial charge is 0.379 e. The Labute approximate surface area is 145 Å². The predicted octanol–water partition coefficient (Wildman–Crippen LogP) is 2.57. The second kappa shape index (κ2) is 9.41. The van der Waals surface area contributed by atoms with Gasteiger partial charge in [0.05, 0.1) is 19.3 Å². The molecule has 1 unspecified atom stereocenters. The number of ether oxygens (including phenoxy) is 1. The van der Waals surface area contributed by atoms with Gasteiger partial charge < -0.3 is 10.1 Å². The zero-order chi connectivity index (χ0) is 18.2. The number of nitrogens with zero attached hydrogens (tertiary/aromatic N) is 2. The normalized spacial score (nSPS) is 18.2. The Morgan fingerprint density at radius 3 is 2.62 bits per heavy atom.